The molecule has 0 amide bonds. The van der Waals surface area contributed by atoms with Crippen LogP contribution in [0.15, 0.2) is 53.3 Å². The average Bonchev–Trinajstić information content (AvgIpc) is 3.05. The Morgan fingerprint density at radius 1 is 0.968 bits per heavy atom. The van der Waals surface area contributed by atoms with Crippen molar-refractivity contribution in [2.24, 2.45) is 5.92 Å². The first-order valence-corrected chi connectivity index (χ1v) is 11.7. The van der Waals surface area contributed by atoms with Crippen LogP contribution in [-0.2, 0) is 17.8 Å². The molecule has 1 aromatic carbocycles. The predicted molar refractivity (Wildman–Crippen MR) is 124 cm³/mol. The number of piperidine rings is 1. The summed E-state index contributed by atoms with van der Waals surface area (Å²) in [6, 6.07) is 14.8. The second kappa shape index (κ2) is 9.51. The van der Waals surface area contributed by atoms with Gasteiger partial charge in [0.1, 0.15) is 0 Å². The van der Waals surface area contributed by atoms with Gasteiger partial charge in [0.15, 0.2) is 0 Å². The molecule has 1 aromatic heterocycles. The average molecular weight is 420 g/mol. The van der Waals surface area contributed by atoms with Crippen molar-refractivity contribution in [1.82, 2.24) is 14.4 Å². The fourth-order valence-corrected chi connectivity index (χ4v) is 5.46. The summed E-state index contributed by atoms with van der Waals surface area (Å²) in [5.74, 6) is 1.03. The molecule has 2 fully saturated rings. The van der Waals surface area contributed by atoms with E-state index in [0.29, 0.717) is 11.8 Å². The van der Waals surface area contributed by atoms with Gasteiger partial charge in [0, 0.05) is 69.6 Å². The van der Waals surface area contributed by atoms with Crippen molar-refractivity contribution in [2.45, 2.75) is 31.8 Å². The molecule has 31 heavy (non-hydrogen) atoms. The zero-order valence-electron chi connectivity index (χ0n) is 18.3. The monoisotopic (exact) mass is 419 g/mol. The van der Waals surface area contributed by atoms with E-state index >= 15 is 0 Å². The number of ether oxygens (including phenoxy) is 1. The van der Waals surface area contributed by atoms with Crippen LogP contribution >= 0.6 is 0 Å². The zero-order valence-corrected chi connectivity index (χ0v) is 18.3. The Labute approximate surface area is 184 Å². The van der Waals surface area contributed by atoms with Crippen LogP contribution in [0.5, 0.6) is 0 Å². The molecule has 5 nitrogen and oxygen atoms in total. The summed E-state index contributed by atoms with van der Waals surface area (Å²) in [4.78, 5) is 18.2. The molecule has 0 unspecified atom stereocenters. The van der Waals surface area contributed by atoms with Gasteiger partial charge in [-0.05, 0) is 30.4 Å². The van der Waals surface area contributed by atoms with Gasteiger partial charge in [0.25, 0.3) is 5.56 Å². The number of hydrogen-bond donors (Lipinski definition) is 0. The highest BCUT2D eigenvalue weighted by Gasteiger charge is 2.34. The standard InChI is InChI=1S/C26H33N3O2/c30-26-23(19-27-12-5-14-31-15-13-27)9-10-25-24-16-22(18-29(25)26)17-28(20-24)11-4-8-21-6-2-1-3-7-21/h1-4,6-10,22,24H,5,11-20H2/b8-4+/t22-,24+/m0/s1. The highest BCUT2D eigenvalue weighted by molar-refractivity contribution is 5.48. The van der Waals surface area contributed by atoms with Gasteiger partial charge in [0.05, 0.1) is 6.61 Å². The van der Waals surface area contributed by atoms with Crippen LogP contribution in [0.4, 0.5) is 0 Å². The molecule has 4 heterocycles. The molecular formula is C26H33N3O2. The first-order chi connectivity index (χ1) is 15.3. The van der Waals surface area contributed by atoms with E-state index < -0.39 is 0 Å². The molecule has 0 N–H and O–H groups in total. The van der Waals surface area contributed by atoms with Crippen LogP contribution in [0.3, 0.4) is 0 Å². The Morgan fingerprint density at radius 3 is 2.77 bits per heavy atom. The first kappa shape index (κ1) is 20.7. The first-order valence-electron chi connectivity index (χ1n) is 11.7. The highest BCUT2D eigenvalue weighted by atomic mass is 16.5. The van der Waals surface area contributed by atoms with Crippen LogP contribution in [0.1, 0.15) is 35.6 Å². The van der Waals surface area contributed by atoms with Gasteiger partial charge in [-0.25, -0.2) is 0 Å². The summed E-state index contributed by atoms with van der Waals surface area (Å²) in [5, 5.41) is 0. The lowest BCUT2D eigenvalue weighted by Crippen LogP contribution is -2.47. The van der Waals surface area contributed by atoms with Crippen LogP contribution < -0.4 is 5.56 Å². The van der Waals surface area contributed by atoms with Gasteiger partial charge in [0.2, 0.25) is 0 Å². The van der Waals surface area contributed by atoms with E-state index in [2.05, 4.69) is 69.0 Å². The fraction of sp³-hybridized carbons (Fsp3) is 0.500. The Hall–Kier alpha value is -2.21. The highest BCUT2D eigenvalue weighted by Crippen LogP contribution is 2.35. The van der Waals surface area contributed by atoms with E-state index in [9.17, 15) is 4.79 Å². The van der Waals surface area contributed by atoms with Gasteiger partial charge in [-0.3, -0.25) is 14.6 Å². The van der Waals surface area contributed by atoms with Gasteiger partial charge in [-0.15, -0.1) is 0 Å². The number of pyridine rings is 1. The fourth-order valence-electron chi connectivity index (χ4n) is 5.46. The quantitative estimate of drug-likeness (QED) is 0.746. The largest absolute Gasteiger partial charge is 0.380 e. The second-order valence-electron chi connectivity index (χ2n) is 9.27. The summed E-state index contributed by atoms with van der Waals surface area (Å²) >= 11 is 0. The number of nitrogens with zero attached hydrogens (tertiary/aromatic N) is 3. The maximum Gasteiger partial charge on any atom is 0.255 e. The van der Waals surface area contributed by atoms with Crippen LogP contribution in [0.2, 0.25) is 0 Å². The Kier molecular flexibility index (Phi) is 6.35. The number of benzene rings is 1. The third kappa shape index (κ3) is 4.84. The maximum absolute atomic E-state index is 13.3. The van der Waals surface area contributed by atoms with Crippen molar-refractivity contribution >= 4 is 6.08 Å². The summed E-state index contributed by atoms with van der Waals surface area (Å²) in [7, 11) is 0. The molecule has 2 bridgehead atoms. The molecule has 0 radical (unpaired) electrons. The van der Waals surface area contributed by atoms with Gasteiger partial charge < -0.3 is 9.30 Å². The van der Waals surface area contributed by atoms with E-state index in [0.717, 1.165) is 71.0 Å². The molecule has 2 atom stereocenters. The predicted octanol–water partition coefficient (Wildman–Crippen LogP) is 3.20. The molecule has 2 aromatic rings. The third-order valence-electron chi connectivity index (χ3n) is 6.94. The Balaban J connectivity index is 1.27. The molecule has 0 aliphatic carbocycles. The van der Waals surface area contributed by atoms with Crippen LogP contribution in [0.25, 0.3) is 6.08 Å². The van der Waals surface area contributed by atoms with Gasteiger partial charge >= 0.3 is 0 Å². The summed E-state index contributed by atoms with van der Waals surface area (Å²) in [6.07, 6.45) is 6.74. The van der Waals surface area contributed by atoms with E-state index in [1.165, 1.54) is 17.7 Å². The summed E-state index contributed by atoms with van der Waals surface area (Å²) in [6.45, 7) is 8.23. The van der Waals surface area contributed by atoms with Crippen molar-refractivity contribution in [3.8, 4) is 0 Å². The number of rotatable bonds is 5. The van der Waals surface area contributed by atoms with Gasteiger partial charge in [-0.1, -0.05) is 48.6 Å². The van der Waals surface area contributed by atoms with Crippen molar-refractivity contribution in [2.75, 3.05) is 45.9 Å². The molecule has 164 valence electrons. The third-order valence-corrected chi connectivity index (χ3v) is 6.94. The van der Waals surface area contributed by atoms with E-state index in [1.54, 1.807) is 0 Å². The SMILES string of the molecule is O=c1c(CN2CCCOCC2)ccc2n1C[C@H]1C[C@@H]2CN(C/C=C/c2ccccc2)C1. The molecule has 2 saturated heterocycles. The van der Waals surface area contributed by atoms with E-state index in [1.807, 2.05) is 0 Å². The molecule has 3 aliphatic heterocycles. The van der Waals surface area contributed by atoms with Crippen molar-refractivity contribution in [3.63, 3.8) is 0 Å². The lowest BCUT2D eigenvalue weighted by atomic mass is 9.83. The Morgan fingerprint density at radius 2 is 1.87 bits per heavy atom. The minimum atomic E-state index is 0.231. The van der Waals surface area contributed by atoms with Gasteiger partial charge in [-0.2, -0.15) is 0 Å². The van der Waals surface area contributed by atoms with Crippen molar-refractivity contribution in [1.29, 1.82) is 0 Å². The molecule has 0 saturated carbocycles. The second-order valence-corrected chi connectivity index (χ2v) is 9.27. The molecular weight excluding hydrogens is 386 g/mol. The molecule has 0 spiro atoms. The molecule has 5 rings (SSSR count). The lowest BCUT2D eigenvalue weighted by Gasteiger charge is -2.42. The number of hydrogen-bond acceptors (Lipinski definition) is 4. The zero-order chi connectivity index (χ0) is 21.0. The minimum Gasteiger partial charge on any atom is -0.380 e. The summed E-state index contributed by atoms with van der Waals surface area (Å²) in [5.41, 5.74) is 3.66. The molecule has 3 aliphatic rings. The van der Waals surface area contributed by atoms with E-state index in [4.69, 9.17) is 4.74 Å². The van der Waals surface area contributed by atoms with Crippen LogP contribution in [-0.4, -0.2) is 60.3 Å². The Bertz CT molecular complexity index is 960. The maximum atomic E-state index is 13.3. The number of aromatic nitrogens is 1. The number of likely N-dealkylation sites (tertiary alicyclic amines) is 1. The topological polar surface area (TPSA) is 37.7 Å². The van der Waals surface area contributed by atoms with Crippen molar-refractivity contribution in [3.05, 3.63) is 75.7 Å². The lowest BCUT2D eigenvalue weighted by molar-refractivity contribution is 0.131. The normalized spacial score (nSPS) is 24.8. The molecule has 5 heteroatoms. The number of fused-ring (bicyclic) bond motifs is 4. The van der Waals surface area contributed by atoms with Crippen molar-refractivity contribution < 1.29 is 4.74 Å². The minimum absolute atomic E-state index is 0.231. The smallest absolute Gasteiger partial charge is 0.255 e. The van der Waals surface area contributed by atoms with Crippen LogP contribution in [0, 0.1) is 5.92 Å². The summed E-state index contributed by atoms with van der Waals surface area (Å²) < 4.78 is 7.66. The van der Waals surface area contributed by atoms with E-state index in [-0.39, 0.29) is 5.56 Å².